The number of carbonyl (C=O) groups is 1. The Hall–Kier alpha value is -2.74. The summed E-state index contributed by atoms with van der Waals surface area (Å²) in [4.78, 5) is 12.5. The van der Waals surface area contributed by atoms with Gasteiger partial charge in [0.1, 0.15) is 23.0 Å². The number of halogens is 1. The monoisotopic (exact) mass is 501 g/mol. The van der Waals surface area contributed by atoms with Gasteiger partial charge in [-0.25, -0.2) is 21.2 Å². The molecule has 0 spiro atoms. The lowest BCUT2D eigenvalue weighted by Crippen LogP contribution is -2.40. The van der Waals surface area contributed by atoms with Gasteiger partial charge in [-0.15, -0.1) is 0 Å². The first-order valence-corrected chi connectivity index (χ1v) is 13.1. The molecule has 0 unspecified atom stereocenters. The molecule has 1 amide bonds. The summed E-state index contributed by atoms with van der Waals surface area (Å²) < 4.78 is 76.5. The van der Waals surface area contributed by atoms with Crippen LogP contribution in [0.3, 0.4) is 0 Å². The highest BCUT2D eigenvalue weighted by Crippen LogP contribution is 2.30. The van der Waals surface area contributed by atoms with Gasteiger partial charge in [-0.1, -0.05) is 6.07 Å². The second-order valence-electron chi connectivity index (χ2n) is 7.18. The van der Waals surface area contributed by atoms with Gasteiger partial charge in [0.2, 0.25) is 26.0 Å². The molecule has 1 aliphatic heterocycles. The van der Waals surface area contributed by atoms with Gasteiger partial charge in [0, 0.05) is 18.8 Å². The van der Waals surface area contributed by atoms with E-state index in [1.54, 1.807) is 0 Å². The van der Waals surface area contributed by atoms with E-state index in [9.17, 15) is 26.0 Å². The lowest BCUT2D eigenvalue weighted by atomic mass is 10.3. The summed E-state index contributed by atoms with van der Waals surface area (Å²) in [5, 5.41) is 2.49. The number of morpholine rings is 1. The van der Waals surface area contributed by atoms with Crippen molar-refractivity contribution in [3.05, 3.63) is 48.3 Å². The number of hydrogen-bond donors (Lipinski definition) is 1. The van der Waals surface area contributed by atoms with Crippen molar-refractivity contribution >= 4 is 37.3 Å². The third-order valence-electron chi connectivity index (χ3n) is 4.82. The maximum absolute atomic E-state index is 13.6. The van der Waals surface area contributed by atoms with Crippen LogP contribution in [0.1, 0.15) is 0 Å². The van der Waals surface area contributed by atoms with Crippen molar-refractivity contribution in [3.63, 3.8) is 0 Å². The number of methoxy groups -OCH3 is 1. The minimum atomic E-state index is -3.93. The molecule has 180 valence electrons. The van der Waals surface area contributed by atoms with Gasteiger partial charge in [-0.05, 0) is 36.4 Å². The molecule has 10 nitrogen and oxygen atoms in total. The number of hydrogen-bond acceptors (Lipinski definition) is 7. The fourth-order valence-electron chi connectivity index (χ4n) is 3.24. The lowest BCUT2D eigenvalue weighted by molar-refractivity contribution is -0.114. The number of sulfonamides is 2. The van der Waals surface area contributed by atoms with E-state index in [1.807, 2.05) is 0 Å². The molecule has 13 heteroatoms. The van der Waals surface area contributed by atoms with Gasteiger partial charge in [-0.2, -0.15) is 4.31 Å². The highest BCUT2D eigenvalue weighted by Gasteiger charge is 2.30. The second-order valence-corrected chi connectivity index (χ2v) is 11.0. The van der Waals surface area contributed by atoms with Crippen LogP contribution in [0, 0.1) is 5.82 Å². The van der Waals surface area contributed by atoms with E-state index in [2.05, 4.69) is 5.32 Å². The van der Waals surface area contributed by atoms with Crippen LogP contribution in [0.15, 0.2) is 47.4 Å². The van der Waals surface area contributed by atoms with Crippen molar-refractivity contribution in [2.75, 3.05) is 55.8 Å². The minimum absolute atomic E-state index is 0.0158. The zero-order chi connectivity index (χ0) is 24.2. The standard InChI is InChI=1S/C20H24FN3O7S2/c1-30-18-7-6-16(13-19(18)33(28,29)23-8-10-31-11-9-23)22-20(25)14-24(32(2,26)27)17-5-3-4-15(21)12-17/h3-7,12-13H,8-11,14H2,1-2H3,(H,22,25). The second kappa shape index (κ2) is 10.0. The Balaban J connectivity index is 1.85. The Morgan fingerprint density at radius 1 is 1.15 bits per heavy atom. The summed E-state index contributed by atoms with van der Waals surface area (Å²) >= 11 is 0. The molecule has 1 saturated heterocycles. The van der Waals surface area contributed by atoms with Crippen molar-refractivity contribution in [1.82, 2.24) is 4.31 Å². The summed E-state index contributed by atoms with van der Waals surface area (Å²) in [6.45, 7) is 0.247. The van der Waals surface area contributed by atoms with Crippen molar-refractivity contribution in [1.29, 1.82) is 0 Å². The quantitative estimate of drug-likeness (QED) is 0.578. The predicted octanol–water partition coefficient (Wildman–Crippen LogP) is 1.26. The Kier molecular flexibility index (Phi) is 7.57. The normalized spacial score (nSPS) is 15.1. The van der Waals surface area contributed by atoms with Crippen LogP contribution >= 0.6 is 0 Å². The number of rotatable bonds is 8. The summed E-state index contributed by atoms with van der Waals surface area (Å²) in [5.74, 6) is -1.31. The highest BCUT2D eigenvalue weighted by molar-refractivity contribution is 7.92. The SMILES string of the molecule is COc1ccc(NC(=O)CN(c2cccc(F)c2)S(C)(=O)=O)cc1S(=O)(=O)N1CCOCC1. The number of ether oxygens (including phenoxy) is 2. The Morgan fingerprint density at radius 2 is 1.85 bits per heavy atom. The largest absolute Gasteiger partial charge is 0.495 e. The van der Waals surface area contributed by atoms with E-state index >= 15 is 0 Å². The van der Waals surface area contributed by atoms with Gasteiger partial charge in [-0.3, -0.25) is 9.10 Å². The average Bonchev–Trinajstić information content (AvgIpc) is 2.77. The Labute approximate surface area is 192 Å². The third-order valence-corrected chi connectivity index (χ3v) is 7.88. The van der Waals surface area contributed by atoms with Crippen molar-refractivity contribution in [2.45, 2.75) is 4.90 Å². The van der Waals surface area contributed by atoms with Crippen LogP contribution in [0.5, 0.6) is 5.75 Å². The van der Waals surface area contributed by atoms with Crippen LogP contribution < -0.4 is 14.4 Å². The van der Waals surface area contributed by atoms with Crippen LogP contribution in [-0.4, -0.2) is 73.3 Å². The number of nitrogens with zero attached hydrogens (tertiary/aromatic N) is 2. The molecule has 1 aliphatic rings. The fourth-order valence-corrected chi connectivity index (χ4v) is 5.68. The van der Waals surface area contributed by atoms with E-state index < -0.39 is 38.3 Å². The number of anilines is 2. The van der Waals surface area contributed by atoms with E-state index in [1.165, 1.54) is 41.7 Å². The molecule has 0 aliphatic carbocycles. The smallest absolute Gasteiger partial charge is 0.246 e. The number of carbonyl (C=O) groups excluding carboxylic acids is 1. The molecule has 2 aromatic carbocycles. The van der Waals surface area contributed by atoms with E-state index in [0.29, 0.717) is 0 Å². The summed E-state index contributed by atoms with van der Waals surface area (Å²) in [7, 11) is -6.51. The van der Waals surface area contributed by atoms with Gasteiger partial charge >= 0.3 is 0 Å². The number of benzene rings is 2. The van der Waals surface area contributed by atoms with Gasteiger partial charge in [0.15, 0.2) is 0 Å². The van der Waals surface area contributed by atoms with Crippen molar-refractivity contribution in [2.24, 2.45) is 0 Å². The van der Waals surface area contributed by atoms with E-state index in [0.717, 1.165) is 22.7 Å². The summed E-state index contributed by atoms with van der Waals surface area (Å²) in [6.07, 6.45) is 0.894. The maximum Gasteiger partial charge on any atom is 0.246 e. The van der Waals surface area contributed by atoms with Gasteiger partial charge in [0.05, 0.1) is 32.3 Å². The van der Waals surface area contributed by atoms with Crippen molar-refractivity contribution in [3.8, 4) is 5.75 Å². The molecular weight excluding hydrogens is 477 g/mol. The maximum atomic E-state index is 13.6. The molecule has 1 N–H and O–H groups in total. The zero-order valence-corrected chi connectivity index (χ0v) is 19.7. The first kappa shape index (κ1) is 24.9. The van der Waals surface area contributed by atoms with E-state index in [4.69, 9.17) is 9.47 Å². The van der Waals surface area contributed by atoms with Crippen molar-refractivity contribution < 1.29 is 35.5 Å². The third kappa shape index (κ3) is 5.99. The van der Waals surface area contributed by atoms with Gasteiger partial charge in [0.25, 0.3) is 0 Å². The molecule has 1 fully saturated rings. The molecule has 2 aromatic rings. The highest BCUT2D eigenvalue weighted by atomic mass is 32.2. The first-order valence-electron chi connectivity index (χ1n) is 9.81. The average molecular weight is 502 g/mol. The Morgan fingerprint density at radius 3 is 2.45 bits per heavy atom. The van der Waals surface area contributed by atoms with Crippen LogP contribution in [0.2, 0.25) is 0 Å². The van der Waals surface area contributed by atoms with Crippen LogP contribution in [0.4, 0.5) is 15.8 Å². The number of amides is 1. The van der Waals surface area contributed by atoms with Crippen LogP contribution in [0.25, 0.3) is 0 Å². The molecule has 33 heavy (non-hydrogen) atoms. The summed E-state index contributed by atoms with van der Waals surface area (Å²) in [6, 6.07) is 8.90. The molecule has 0 aromatic heterocycles. The molecule has 1 heterocycles. The molecule has 0 atom stereocenters. The predicted molar refractivity (Wildman–Crippen MR) is 120 cm³/mol. The van der Waals surface area contributed by atoms with E-state index in [-0.39, 0.29) is 48.3 Å². The van der Waals surface area contributed by atoms with Gasteiger partial charge < -0.3 is 14.8 Å². The molecule has 0 bridgehead atoms. The topological polar surface area (TPSA) is 122 Å². The lowest BCUT2D eigenvalue weighted by Gasteiger charge is -2.27. The zero-order valence-electron chi connectivity index (χ0n) is 18.0. The fraction of sp³-hybridized carbons (Fsp3) is 0.350. The molecule has 3 rings (SSSR count). The summed E-state index contributed by atoms with van der Waals surface area (Å²) in [5.41, 5.74) is 0.110. The first-order chi connectivity index (χ1) is 15.5. The molecule has 0 saturated carbocycles. The van der Waals surface area contributed by atoms with Crippen LogP contribution in [-0.2, 0) is 29.6 Å². The minimum Gasteiger partial charge on any atom is -0.495 e. The molecular formula is C20H24FN3O7S2. The molecule has 0 radical (unpaired) electrons. The Bertz CT molecular complexity index is 1230. The number of nitrogens with one attached hydrogen (secondary N) is 1.